The Hall–Kier alpha value is -2.14. The summed E-state index contributed by atoms with van der Waals surface area (Å²) in [4.78, 5) is 23.2. The van der Waals surface area contributed by atoms with E-state index in [-0.39, 0.29) is 19.1 Å². The number of aryl methyl sites for hydroxylation is 1. The Morgan fingerprint density at radius 1 is 1.38 bits per heavy atom. The van der Waals surface area contributed by atoms with Crippen LogP contribution in [-0.2, 0) is 14.3 Å². The van der Waals surface area contributed by atoms with Crippen LogP contribution >= 0.6 is 0 Å². The molecule has 1 aliphatic rings. The fourth-order valence-corrected chi connectivity index (χ4v) is 2.15. The highest BCUT2D eigenvalue weighted by molar-refractivity contribution is 5.92. The summed E-state index contributed by atoms with van der Waals surface area (Å²) in [6.45, 7) is 3.89. The molecule has 1 aliphatic heterocycles. The van der Waals surface area contributed by atoms with Crippen LogP contribution in [0.2, 0.25) is 0 Å². The summed E-state index contributed by atoms with van der Waals surface area (Å²) < 4.78 is 5.19. The fraction of sp³-hybridized carbons (Fsp3) is 0.375. The van der Waals surface area contributed by atoms with Crippen LogP contribution in [0, 0.1) is 12.3 Å². The zero-order chi connectivity index (χ0) is 15.5. The zero-order valence-corrected chi connectivity index (χ0v) is 12.1. The van der Waals surface area contributed by atoms with Gasteiger partial charge in [-0.15, -0.1) is 0 Å². The number of carboxylic acids is 1. The minimum Gasteiger partial charge on any atom is -0.481 e. The number of nitrogens with one attached hydrogen (secondary N) is 1. The van der Waals surface area contributed by atoms with Crippen molar-refractivity contribution in [1.29, 1.82) is 0 Å². The number of aliphatic carboxylic acids is 1. The normalized spacial score (nSPS) is 25.1. The van der Waals surface area contributed by atoms with Crippen LogP contribution in [0.25, 0.3) is 6.08 Å². The standard InChI is InChI=1S/C16H19NO4/c1-11-3-5-12(6-4-11)7-8-14(18)17-13-9-21-10-16(13,2)15(19)20/h3-8,13H,9-10H2,1-2H3,(H,17,18)(H,19,20). The van der Waals surface area contributed by atoms with Gasteiger partial charge in [-0.05, 0) is 25.5 Å². The van der Waals surface area contributed by atoms with Gasteiger partial charge in [0.15, 0.2) is 0 Å². The Morgan fingerprint density at radius 3 is 2.67 bits per heavy atom. The third-order valence-corrected chi connectivity index (χ3v) is 3.77. The molecule has 1 aromatic rings. The van der Waals surface area contributed by atoms with E-state index < -0.39 is 17.4 Å². The van der Waals surface area contributed by atoms with Gasteiger partial charge in [-0.2, -0.15) is 0 Å². The predicted octanol–water partition coefficient (Wildman–Crippen LogP) is 1.61. The third kappa shape index (κ3) is 3.49. The number of carbonyl (C=O) groups excluding carboxylic acids is 1. The molecule has 0 spiro atoms. The molecule has 0 radical (unpaired) electrons. The summed E-state index contributed by atoms with van der Waals surface area (Å²) in [5, 5.41) is 11.9. The maximum atomic E-state index is 11.9. The molecule has 1 saturated heterocycles. The Morgan fingerprint density at radius 2 is 2.05 bits per heavy atom. The molecule has 1 aromatic carbocycles. The molecule has 21 heavy (non-hydrogen) atoms. The highest BCUT2D eigenvalue weighted by Crippen LogP contribution is 2.28. The first kappa shape index (κ1) is 15.3. The molecule has 0 bridgehead atoms. The lowest BCUT2D eigenvalue weighted by Gasteiger charge is -2.24. The van der Waals surface area contributed by atoms with E-state index in [9.17, 15) is 14.7 Å². The largest absolute Gasteiger partial charge is 0.481 e. The summed E-state index contributed by atoms with van der Waals surface area (Å²) >= 11 is 0. The quantitative estimate of drug-likeness (QED) is 0.826. The molecule has 1 fully saturated rings. The van der Waals surface area contributed by atoms with Crippen LogP contribution in [0.3, 0.4) is 0 Å². The second kappa shape index (κ2) is 6.10. The van der Waals surface area contributed by atoms with Gasteiger partial charge in [0.1, 0.15) is 5.41 Å². The fourth-order valence-electron chi connectivity index (χ4n) is 2.15. The summed E-state index contributed by atoms with van der Waals surface area (Å²) in [6, 6.07) is 7.23. The Labute approximate surface area is 123 Å². The van der Waals surface area contributed by atoms with Gasteiger partial charge in [0, 0.05) is 6.08 Å². The van der Waals surface area contributed by atoms with Crippen molar-refractivity contribution in [2.75, 3.05) is 13.2 Å². The molecule has 2 rings (SSSR count). The number of carbonyl (C=O) groups is 2. The highest BCUT2D eigenvalue weighted by atomic mass is 16.5. The number of hydrogen-bond donors (Lipinski definition) is 2. The van der Waals surface area contributed by atoms with Crippen LogP contribution in [0.5, 0.6) is 0 Å². The Kier molecular flexibility index (Phi) is 4.43. The summed E-state index contributed by atoms with van der Waals surface area (Å²) in [5.74, 6) is -1.29. The van der Waals surface area contributed by atoms with Crippen molar-refractivity contribution in [2.24, 2.45) is 5.41 Å². The van der Waals surface area contributed by atoms with E-state index in [1.54, 1.807) is 13.0 Å². The van der Waals surface area contributed by atoms with Gasteiger partial charge in [0.05, 0.1) is 19.3 Å². The van der Waals surface area contributed by atoms with Crippen molar-refractivity contribution >= 4 is 18.0 Å². The van der Waals surface area contributed by atoms with Crippen molar-refractivity contribution in [2.45, 2.75) is 19.9 Å². The molecule has 0 saturated carbocycles. The summed E-state index contributed by atoms with van der Waals surface area (Å²) in [5.41, 5.74) is 0.990. The molecule has 2 unspecified atom stereocenters. The topological polar surface area (TPSA) is 75.6 Å². The van der Waals surface area contributed by atoms with E-state index in [1.807, 2.05) is 31.2 Å². The molecule has 5 heteroatoms. The summed E-state index contributed by atoms with van der Waals surface area (Å²) in [6.07, 6.45) is 3.11. The maximum Gasteiger partial charge on any atom is 0.313 e. The van der Waals surface area contributed by atoms with E-state index in [0.717, 1.165) is 11.1 Å². The Bertz CT molecular complexity index is 564. The number of rotatable bonds is 4. The van der Waals surface area contributed by atoms with Gasteiger partial charge in [-0.3, -0.25) is 9.59 Å². The van der Waals surface area contributed by atoms with Crippen LogP contribution < -0.4 is 5.32 Å². The van der Waals surface area contributed by atoms with Crippen molar-refractivity contribution < 1.29 is 19.4 Å². The number of hydrogen-bond acceptors (Lipinski definition) is 3. The van der Waals surface area contributed by atoms with Gasteiger partial charge in [-0.1, -0.05) is 29.8 Å². The van der Waals surface area contributed by atoms with Crippen LogP contribution in [0.4, 0.5) is 0 Å². The number of ether oxygens (including phenoxy) is 1. The van der Waals surface area contributed by atoms with Crippen LogP contribution in [-0.4, -0.2) is 36.2 Å². The average molecular weight is 289 g/mol. The first-order valence-electron chi connectivity index (χ1n) is 6.78. The molecule has 2 atom stereocenters. The number of amides is 1. The van der Waals surface area contributed by atoms with Crippen LogP contribution in [0.1, 0.15) is 18.1 Å². The van der Waals surface area contributed by atoms with E-state index in [2.05, 4.69) is 5.32 Å². The molecular weight excluding hydrogens is 270 g/mol. The van der Waals surface area contributed by atoms with Crippen molar-refractivity contribution in [3.8, 4) is 0 Å². The molecule has 0 aliphatic carbocycles. The minimum atomic E-state index is -1.08. The molecule has 112 valence electrons. The van der Waals surface area contributed by atoms with Crippen LogP contribution in [0.15, 0.2) is 30.3 Å². The lowest BCUT2D eigenvalue weighted by Crippen LogP contribution is -2.49. The maximum absolute atomic E-state index is 11.9. The number of carboxylic acid groups (broad SMARTS) is 1. The van der Waals surface area contributed by atoms with E-state index in [1.165, 1.54) is 6.08 Å². The van der Waals surface area contributed by atoms with Crippen molar-refractivity contribution in [3.05, 3.63) is 41.5 Å². The van der Waals surface area contributed by atoms with E-state index in [4.69, 9.17) is 4.74 Å². The molecule has 0 aromatic heterocycles. The molecule has 5 nitrogen and oxygen atoms in total. The predicted molar refractivity (Wildman–Crippen MR) is 78.7 cm³/mol. The molecular formula is C16H19NO4. The highest BCUT2D eigenvalue weighted by Gasteiger charge is 2.47. The monoisotopic (exact) mass is 289 g/mol. The molecule has 2 N–H and O–H groups in total. The smallest absolute Gasteiger partial charge is 0.313 e. The second-order valence-corrected chi connectivity index (χ2v) is 5.54. The third-order valence-electron chi connectivity index (χ3n) is 3.77. The van der Waals surface area contributed by atoms with Gasteiger partial charge in [-0.25, -0.2) is 0 Å². The number of benzene rings is 1. The SMILES string of the molecule is Cc1ccc(C=CC(=O)NC2COCC2(C)C(=O)O)cc1. The van der Waals surface area contributed by atoms with Gasteiger partial charge in [0.25, 0.3) is 0 Å². The lowest BCUT2D eigenvalue weighted by atomic mass is 9.85. The first-order chi connectivity index (χ1) is 9.91. The molecule has 1 amide bonds. The summed E-state index contributed by atoms with van der Waals surface area (Å²) in [7, 11) is 0. The second-order valence-electron chi connectivity index (χ2n) is 5.54. The van der Waals surface area contributed by atoms with E-state index in [0.29, 0.717) is 0 Å². The first-order valence-corrected chi connectivity index (χ1v) is 6.78. The average Bonchev–Trinajstić information content (AvgIpc) is 2.81. The van der Waals surface area contributed by atoms with E-state index >= 15 is 0 Å². The molecule has 1 heterocycles. The zero-order valence-electron chi connectivity index (χ0n) is 12.1. The van der Waals surface area contributed by atoms with Crippen molar-refractivity contribution in [1.82, 2.24) is 5.32 Å². The van der Waals surface area contributed by atoms with Crippen molar-refractivity contribution in [3.63, 3.8) is 0 Å². The Balaban J connectivity index is 1.98. The van der Waals surface area contributed by atoms with Gasteiger partial charge in [0.2, 0.25) is 5.91 Å². The van der Waals surface area contributed by atoms with Gasteiger partial charge < -0.3 is 15.2 Å². The lowest BCUT2D eigenvalue weighted by molar-refractivity contribution is -0.148. The minimum absolute atomic E-state index is 0.106. The van der Waals surface area contributed by atoms with Gasteiger partial charge >= 0.3 is 5.97 Å².